The highest BCUT2D eigenvalue weighted by Crippen LogP contribution is 2.31. The zero-order valence-corrected chi connectivity index (χ0v) is 16.9. The summed E-state index contributed by atoms with van der Waals surface area (Å²) in [5.74, 6) is 1.66. The van der Waals surface area contributed by atoms with Crippen LogP contribution in [0.1, 0.15) is 17.5 Å². The van der Waals surface area contributed by atoms with E-state index >= 15 is 0 Å². The summed E-state index contributed by atoms with van der Waals surface area (Å²) in [5, 5.41) is 3.53. The van der Waals surface area contributed by atoms with Gasteiger partial charge in [0.2, 0.25) is 0 Å². The van der Waals surface area contributed by atoms with E-state index < -0.39 is 0 Å². The molecule has 1 aliphatic rings. The molecule has 0 unspecified atom stereocenters. The molecule has 2 aromatic carbocycles. The van der Waals surface area contributed by atoms with E-state index in [-0.39, 0.29) is 0 Å². The SMILES string of the molecule is COc1cccc(CNCCc2ccccc2)c1OCCCN1CCOCC1. The highest BCUT2D eigenvalue weighted by molar-refractivity contribution is 5.46. The minimum atomic E-state index is 0.689. The van der Waals surface area contributed by atoms with Crippen molar-refractivity contribution in [1.82, 2.24) is 10.2 Å². The summed E-state index contributed by atoms with van der Waals surface area (Å²) in [6, 6.07) is 16.6. The summed E-state index contributed by atoms with van der Waals surface area (Å²) in [6.45, 7) is 7.15. The third-order valence-electron chi connectivity index (χ3n) is 5.00. The number of nitrogens with zero attached hydrogens (tertiary/aromatic N) is 1. The average Bonchev–Trinajstić information content (AvgIpc) is 2.76. The van der Waals surface area contributed by atoms with Crippen LogP contribution < -0.4 is 14.8 Å². The van der Waals surface area contributed by atoms with Gasteiger partial charge in [-0.3, -0.25) is 4.90 Å². The molecule has 0 bridgehead atoms. The molecule has 1 fully saturated rings. The Morgan fingerprint density at radius 1 is 1.04 bits per heavy atom. The van der Waals surface area contributed by atoms with Gasteiger partial charge >= 0.3 is 0 Å². The number of ether oxygens (including phenoxy) is 3. The first-order valence-electron chi connectivity index (χ1n) is 10.2. The van der Waals surface area contributed by atoms with Crippen molar-refractivity contribution in [3.8, 4) is 11.5 Å². The summed E-state index contributed by atoms with van der Waals surface area (Å²) in [4.78, 5) is 2.43. The van der Waals surface area contributed by atoms with Crippen molar-refractivity contribution in [2.24, 2.45) is 0 Å². The first-order valence-corrected chi connectivity index (χ1v) is 10.2. The zero-order valence-electron chi connectivity index (χ0n) is 16.9. The van der Waals surface area contributed by atoms with Gasteiger partial charge in [0.15, 0.2) is 11.5 Å². The molecule has 0 amide bonds. The molecule has 5 heteroatoms. The van der Waals surface area contributed by atoms with E-state index in [4.69, 9.17) is 14.2 Å². The molecule has 0 atom stereocenters. The lowest BCUT2D eigenvalue weighted by atomic mass is 10.1. The predicted octanol–water partition coefficient (Wildman–Crippen LogP) is 3.13. The maximum absolute atomic E-state index is 6.14. The van der Waals surface area contributed by atoms with E-state index in [9.17, 15) is 0 Å². The van der Waals surface area contributed by atoms with Crippen molar-refractivity contribution in [1.29, 1.82) is 0 Å². The second-order valence-electron chi connectivity index (χ2n) is 7.02. The van der Waals surface area contributed by atoms with Gasteiger partial charge in [0.05, 0.1) is 26.9 Å². The lowest BCUT2D eigenvalue weighted by Crippen LogP contribution is -2.37. The Hall–Kier alpha value is -2.08. The number of methoxy groups -OCH3 is 1. The van der Waals surface area contributed by atoms with Crippen molar-refractivity contribution in [3.63, 3.8) is 0 Å². The fourth-order valence-corrected chi connectivity index (χ4v) is 3.41. The lowest BCUT2D eigenvalue weighted by Gasteiger charge is -2.26. The van der Waals surface area contributed by atoms with Crippen LogP contribution in [-0.4, -0.2) is 58.0 Å². The number of hydrogen-bond donors (Lipinski definition) is 1. The van der Waals surface area contributed by atoms with Crippen molar-refractivity contribution in [2.75, 3.05) is 53.1 Å². The molecule has 3 rings (SSSR count). The Morgan fingerprint density at radius 2 is 1.86 bits per heavy atom. The van der Waals surface area contributed by atoms with Gasteiger partial charge in [-0.1, -0.05) is 42.5 Å². The summed E-state index contributed by atoms with van der Waals surface area (Å²) < 4.78 is 17.1. The summed E-state index contributed by atoms with van der Waals surface area (Å²) >= 11 is 0. The fourth-order valence-electron chi connectivity index (χ4n) is 3.41. The minimum absolute atomic E-state index is 0.689. The molecule has 152 valence electrons. The molecule has 5 nitrogen and oxygen atoms in total. The van der Waals surface area contributed by atoms with E-state index in [0.29, 0.717) is 6.61 Å². The Kier molecular flexibility index (Phi) is 8.62. The van der Waals surface area contributed by atoms with Gasteiger partial charge in [0.1, 0.15) is 0 Å². The number of para-hydroxylation sites is 1. The number of nitrogens with one attached hydrogen (secondary N) is 1. The molecular formula is C23H32N2O3. The predicted molar refractivity (Wildman–Crippen MR) is 112 cm³/mol. The van der Waals surface area contributed by atoms with Gasteiger partial charge in [-0.2, -0.15) is 0 Å². The summed E-state index contributed by atoms with van der Waals surface area (Å²) in [6.07, 6.45) is 2.01. The van der Waals surface area contributed by atoms with Gasteiger partial charge in [-0.25, -0.2) is 0 Å². The molecule has 0 spiro atoms. The second kappa shape index (κ2) is 11.7. The fraction of sp³-hybridized carbons (Fsp3) is 0.478. The van der Waals surface area contributed by atoms with Crippen molar-refractivity contribution < 1.29 is 14.2 Å². The van der Waals surface area contributed by atoms with Crippen molar-refractivity contribution in [2.45, 2.75) is 19.4 Å². The third kappa shape index (κ3) is 6.51. The van der Waals surface area contributed by atoms with Crippen LogP contribution in [0, 0.1) is 0 Å². The molecule has 0 aliphatic carbocycles. The van der Waals surface area contributed by atoms with Gasteiger partial charge in [-0.05, 0) is 31.0 Å². The number of hydrogen-bond acceptors (Lipinski definition) is 5. The number of morpholine rings is 1. The number of rotatable bonds is 11. The van der Waals surface area contributed by atoms with Crippen molar-refractivity contribution in [3.05, 3.63) is 59.7 Å². The topological polar surface area (TPSA) is 43.0 Å². The van der Waals surface area contributed by atoms with Gasteiger partial charge < -0.3 is 19.5 Å². The number of benzene rings is 2. The Bertz CT molecular complexity index is 688. The van der Waals surface area contributed by atoms with Crippen LogP contribution in [0.3, 0.4) is 0 Å². The molecule has 1 aliphatic heterocycles. The maximum atomic E-state index is 6.14. The zero-order chi connectivity index (χ0) is 19.4. The van der Waals surface area contributed by atoms with E-state index in [1.807, 2.05) is 12.1 Å². The van der Waals surface area contributed by atoms with E-state index in [0.717, 1.165) is 75.8 Å². The molecular weight excluding hydrogens is 352 g/mol. The summed E-state index contributed by atoms with van der Waals surface area (Å²) in [5.41, 5.74) is 2.49. The largest absolute Gasteiger partial charge is 0.493 e. The van der Waals surface area contributed by atoms with Crippen LogP contribution >= 0.6 is 0 Å². The Morgan fingerprint density at radius 3 is 2.64 bits per heavy atom. The third-order valence-corrected chi connectivity index (χ3v) is 5.00. The quantitative estimate of drug-likeness (QED) is 0.603. The first-order chi connectivity index (χ1) is 13.9. The molecule has 1 heterocycles. The Labute approximate surface area is 168 Å². The second-order valence-corrected chi connectivity index (χ2v) is 7.02. The summed E-state index contributed by atoms with van der Waals surface area (Å²) in [7, 11) is 1.70. The van der Waals surface area contributed by atoms with Crippen LogP contribution in [0.15, 0.2) is 48.5 Å². The van der Waals surface area contributed by atoms with Crippen LogP contribution in [0.25, 0.3) is 0 Å². The van der Waals surface area contributed by atoms with Crippen LogP contribution in [0.2, 0.25) is 0 Å². The minimum Gasteiger partial charge on any atom is -0.493 e. The van der Waals surface area contributed by atoms with Crippen molar-refractivity contribution >= 4 is 0 Å². The van der Waals surface area contributed by atoms with Crippen LogP contribution in [0.4, 0.5) is 0 Å². The molecule has 0 saturated carbocycles. The van der Waals surface area contributed by atoms with Gasteiger partial charge in [0.25, 0.3) is 0 Å². The van der Waals surface area contributed by atoms with E-state index in [1.165, 1.54) is 5.56 Å². The maximum Gasteiger partial charge on any atom is 0.165 e. The first kappa shape index (κ1) is 20.6. The van der Waals surface area contributed by atoms with Crippen LogP contribution in [-0.2, 0) is 17.7 Å². The highest BCUT2D eigenvalue weighted by atomic mass is 16.5. The smallest absolute Gasteiger partial charge is 0.165 e. The standard InChI is InChI=1S/C23H32N2O3/c1-26-22-10-5-9-21(19-24-12-11-20-7-3-2-4-8-20)23(22)28-16-6-13-25-14-17-27-18-15-25/h2-5,7-10,24H,6,11-19H2,1H3. The van der Waals surface area contributed by atoms with E-state index in [2.05, 4.69) is 46.6 Å². The van der Waals surface area contributed by atoms with Gasteiger partial charge in [0, 0.05) is 31.7 Å². The Balaban J connectivity index is 1.46. The normalized spacial score (nSPS) is 14.8. The molecule has 28 heavy (non-hydrogen) atoms. The highest BCUT2D eigenvalue weighted by Gasteiger charge is 2.12. The molecule has 0 aromatic heterocycles. The van der Waals surface area contributed by atoms with Gasteiger partial charge in [-0.15, -0.1) is 0 Å². The van der Waals surface area contributed by atoms with E-state index in [1.54, 1.807) is 7.11 Å². The molecule has 2 aromatic rings. The molecule has 0 radical (unpaired) electrons. The van der Waals surface area contributed by atoms with Crippen LogP contribution in [0.5, 0.6) is 11.5 Å². The average molecular weight is 385 g/mol. The molecule has 1 saturated heterocycles. The lowest BCUT2D eigenvalue weighted by molar-refractivity contribution is 0.0357. The molecule has 1 N–H and O–H groups in total. The monoisotopic (exact) mass is 384 g/mol.